The summed E-state index contributed by atoms with van der Waals surface area (Å²) in [5.74, 6) is -0.577. The summed E-state index contributed by atoms with van der Waals surface area (Å²) in [6.07, 6.45) is 0.578. The molecule has 1 amide bonds. The third kappa shape index (κ3) is 4.10. The molecule has 0 spiro atoms. The third-order valence-electron chi connectivity index (χ3n) is 4.72. The number of carbonyl (C=O) groups is 2. The largest absolute Gasteiger partial charge is 0.449 e. The summed E-state index contributed by atoms with van der Waals surface area (Å²) in [7, 11) is 0. The van der Waals surface area contributed by atoms with E-state index in [1.165, 1.54) is 6.92 Å². The van der Waals surface area contributed by atoms with Crippen LogP contribution in [0, 0.1) is 6.92 Å². The van der Waals surface area contributed by atoms with Crippen LogP contribution in [-0.4, -0.2) is 37.3 Å². The zero-order valence-electron chi connectivity index (χ0n) is 17.7. The normalized spacial score (nSPS) is 12.2. The Morgan fingerprint density at radius 3 is 2.60 bits per heavy atom. The number of aromatic nitrogens is 4. The molecule has 0 aliphatic carbocycles. The van der Waals surface area contributed by atoms with E-state index in [9.17, 15) is 14.4 Å². The van der Waals surface area contributed by atoms with Gasteiger partial charge in [0.1, 0.15) is 11.5 Å². The third-order valence-corrected chi connectivity index (χ3v) is 4.72. The summed E-state index contributed by atoms with van der Waals surface area (Å²) < 4.78 is 8.59. The van der Waals surface area contributed by atoms with Crippen molar-refractivity contribution in [3.63, 3.8) is 0 Å². The number of esters is 1. The molecule has 0 aliphatic rings. The monoisotopic (exact) mass is 411 g/mol. The number of nitrogens with one attached hydrogen (secondary N) is 1. The number of amides is 1. The van der Waals surface area contributed by atoms with Crippen molar-refractivity contribution in [1.29, 1.82) is 0 Å². The molecule has 30 heavy (non-hydrogen) atoms. The Morgan fingerprint density at radius 1 is 1.20 bits per heavy atom. The first kappa shape index (κ1) is 21.2. The molecule has 9 heteroatoms. The number of nitrogens with zero attached hydrogens (tertiary/aromatic N) is 4. The molecule has 158 valence electrons. The number of carbonyl (C=O) groups excluding carboxylic acids is 2. The lowest BCUT2D eigenvalue weighted by Gasteiger charge is -2.16. The van der Waals surface area contributed by atoms with Gasteiger partial charge in [0.05, 0.1) is 22.8 Å². The van der Waals surface area contributed by atoms with Crippen molar-refractivity contribution in [3.05, 3.63) is 52.1 Å². The Bertz CT molecular complexity index is 1160. The van der Waals surface area contributed by atoms with Crippen molar-refractivity contribution in [2.45, 2.75) is 53.3 Å². The first-order valence-corrected chi connectivity index (χ1v) is 9.79. The van der Waals surface area contributed by atoms with Gasteiger partial charge in [-0.1, -0.05) is 0 Å². The Balaban J connectivity index is 1.77. The Labute approximate surface area is 173 Å². The second-order valence-corrected chi connectivity index (χ2v) is 7.24. The highest BCUT2D eigenvalue weighted by Crippen LogP contribution is 2.16. The number of aryl methyl sites for hydroxylation is 2. The van der Waals surface area contributed by atoms with Crippen LogP contribution in [0.4, 0.5) is 5.82 Å². The van der Waals surface area contributed by atoms with Crippen LogP contribution in [0.25, 0.3) is 11.0 Å². The lowest BCUT2D eigenvalue weighted by Crippen LogP contribution is -2.31. The van der Waals surface area contributed by atoms with Gasteiger partial charge in [-0.05, 0) is 52.8 Å². The molecule has 9 nitrogen and oxygen atoms in total. The van der Waals surface area contributed by atoms with Crippen LogP contribution in [0.2, 0.25) is 0 Å². The molecule has 1 aromatic carbocycles. The second kappa shape index (κ2) is 8.48. The summed E-state index contributed by atoms with van der Waals surface area (Å²) in [6, 6.07) is 6.54. The van der Waals surface area contributed by atoms with Gasteiger partial charge in [-0.25, -0.2) is 14.5 Å². The summed E-state index contributed by atoms with van der Waals surface area (Å²) in [6.45, 7) is 9.38. The molecule has 0 fully saturated rings. The van der Waals surface area contributed by atoms with Crippen molar-refractivity contribution in [2.75, 3.05) is 5.32 Å². The Hall–Kier alpha value is -3.49. The molecule has 0 radical (unpaired) electrons. The molecule has 2 aromatic heterocycles. The fourth-order valence-electron chi connectivity index (χ4n) is 3.15. The summed E-state index contributed by atoms with van der Waals surface area (Å²) >= 11 is 0. The average molecular weight is 411 g/mol. The van der Waals surface area contributed by atoms with E-state index in [1.54, 1.807) is 46.6 Å². The molecule has 1 atom stereocenters. The van der Waals surface area contributed by atoms with Crippen LogP contribution in [0.15, 0.2) is 35.3 Å². The predicted octanol–water partition coefficient (Wildman–Crippen LogP) is 2.69. The lowest BCUT2D eigenvalue weighted by molar-refractivity contribution is -0.123. The Morgan fingerprint density at radius 2 is 1.93 bits per heavy atom. The van der Waals surface area contributed by atoms with E-state index >= 15 is 0 Å². The molecule has 1 N–H and O–H groups in total. The SMILES string of the molecule is CCn1c(=O)c(C)nc2cc(C(=O)OC(C)C(=O)Nc3ccnn3C(C)C)ccc21. The number of fused-ring (bicyclic) bond motifs is 1. The predicted molar refractivity (Wildman–Crippen MR) is 113 cm³/mol. The fraction of sp³-hybridized carbons (Fsp3) is 0.381. The van der Waals surface area contributed by atoms with Crippen molar-refractivity contribution in [1.82, 2.24) is 19.3 Å². The van der Waals surface area contributed by atoms with Gasteiger partial charge in [0.2, 0.25) is 0 Å². The van der Waals surface area contributed by atoms with Crippen LogP contribution in [0.1, 0.15) is 49.8 Å². The van der Waals surface area contributed by atoms with E-state index in [0.29, 0.717) is 29.1 Å². The number of ether oxygens (including phenoxy) is 1. The zero-order chi connectivity index (χ0) is 22.0. The summed E-state index contributed by atoms with van der Waals surface area (Å²) in [5.41, 5.74) is 1.59. The maximum atomic E-state index is 12.6. The fourth-order valence-corrected chi connectivity index (χ4v) is 3.15. The molecular formula is C21H25N5O4. The van der Waals surface area contributed by atoms with Gasteiger partial charge in [-0.2, -0.15) is 5.10 Å². The van der Waals surface area contributed by atoms with Crippen molar-refractivity contribution in [3.8, 4) is 0 Å². The van der Waals surface area contributed by atoms with E-state index in [-0.39, 0.29) is 17.2 Å². The molecule has 0 aliphatic heterocycles. The van der Waals surface area contributed by atoms with Crippen LogP contribution < -0.4 is 10.9 Å². The average Bonchev–Trinajstić information content (AvgIpc) is 3.17. The van der Waals surface area contributed by atoms with Crippen LogP contribution in [-0.2, 0) is 16.1 Å². The van der Waals surface area contributed by atoms with Crippen molar-refractivity contribution < 1.29 is 14.3 Å². The molecule has 3 aromatic rings. The lowest BCUT2D eigenvalue weighted by atomic mass is 10.2. The smallest absolute Gasteiger partial charge is 0.338 e. The quantitative estimate of drug-likeness (QED) is 0.625. The molecular weight excluding hydrogens is 386 g/mol. The van der Waals surface area contributed by atoms with Gasteiger partial charge in [0, 0.05) is 18.7 Å². The molecule has 0 saturated heterocycles. The first-order chi connectivity index (χ1) is 14.2. The topological polar surface area (TPSA) is 108 Å². The van der Waals surface area contributed by atoms with Crippen molar-refractivity contribution >= 4 is 28.7 Å². The van der Waals surface area contributed by atoms with Crippen LogP contribution in [0.3, 0.4) is 0 Å². The number of anilines is 1. The minimum atomic E-state index is -1.01. The van der Waals surface area contributed by atoms with Crippen LogP contribution >= 0.6 is 0 Å². The molecule has 0 saturated carbocycles. The van der Waals surface area contributed by atoms with E-state index in [1.807, 2.05) is 20.8 Å². The maximum absolute atomic E-state index is 12.6. The second-order valence-electron chi connectivity index (χ2n) is 7.24. The summed E-state index contributed by atoms with van der Waals surface area (Å²) in [4.78, 5) is 41.5. The van der Waals surface area contributed by atoms with Gasteiger partial charge in [-0.3, -0.25) is 9.59 Å². The number of hydrogen-bond donors (Lipinski definition) is 1. The zero-order valence-corrected chi connectivity index (χ0v) is 17.7. The Kier molecular flexibility index (Phi) is 6.00. The molecule has 3 rings (SSSR count). The highest BCUT2D eigenvalue weighted by atomic mass is 16.5. The number of rotatable bonds is 6. The first-order valence-electron chi connectivity index (χ1n) is 9.79. The molecule has 1 unspecified atom stereocenters. The van der Waals surface area contributed by atoms with Gasteiger partial charge >= 0.3 is 5.97 Å². The summed E-state index contributed by atoms with van der Waals surface area (Å²) in [5, 5.41) is 6.88. The van der Waals surface area contributed by atoms with Gasteiger partial charge in [0.15, 0.2) is 6.10 Å². The van der Waals surface area contributed by atoms with E-state index < -0.39 is 18.0 Å². The van der Waals surface area contributed by atoms with Gasteiger partial charge in [0.25, 0.3) is 11.5 Å². The van der Waals surface area contributed by atoms with Gasteiger partial charge in [-0.15, -0.1) is 0 Å². The highest BCUT2D eigenvalue weighted by Gasteiger charge is 2.21. The highest BCUT2D eigenvalue weighted by molar-refractivity contribution is 5.98. The number of benzene rings is 1. The van der Waals surface area contributed by atoms with E-state index in [0.717, 1.165) is 0 Å². The molecule has 2 heterocycles. The number of hydrogen-bond acceptors (Lipinski definition) is 6. The van der Waals surface area contributed by atoms with E-state index in [4.69, 9.17) is 4.74 Å². The van der Waals surface area contributed by atoms with E-state index in [2.05, 4.69) is 15.4 Å². The maximum Gasteiger partial charge on any atom is 0.338 e. The molecule has 0 bridgehead atoms. The van der Waals surface area contributed by atoms with Gasteiger partial charge < -0.3 is 14.6 Å². The van der Waals surface area contributed by atoms with Crippen molar-refractivity contribution in [2.24, 2.45) is 0 Å². The standard InChI is InChI=1S/C21H25N5O4/c1-6-25-17-8-7-15(11-16(17)23-13(4)20(25)28)21(29)30-14(5)19(27)24-18-9-10-22-26(18)12(2)3/h7-12,14H,6H2,1-5H3,(H,24,27). The minimum Gasteiger partial charge on any atom is -0.449 e. The minimum absolute atomic E-state index is 0.0715. The van der Waals surface area contributed by atoms with Crippen LogP contribution in [0.5, 0.6) is 0 Å².